The van der Waals surface area contributed by atoms with Crippen LogP contribution in [-0.4, -0.2) is 18.1 Å². The highest BCUT2D eigenvalue weighted by atomic mass is 15.2. The van der Waals surface area contributed by atoms with Crippen LogP contribution < -0.4 is 10.2 Å². The van der Waals surface area contributed by atoms with E-state index in [2.05, 4.69) is 68.2 Å². The molecule has 0 radical (unpaired) electrons. The molecule has 2 aromatic rings. The number of anilines is 2. The van der Waals surface area contributed by atoms with Crippen LogP contribution in [0.5, 0.6) is 0 Å². The van der Waals surface area contributed by atoms with Crippen LogP contribution in [0.4, 0.5) is 11.5 Å². The maximum absolute atomic E-state index is 4.69. The third-order valence-corrected chi connectivity index (χ3v) is 3.57. The summed E-state index contributed by atoms with van der Waals surface area (Å²) in [5, 5.41) is 3.34. The highest BCUT2D eigenvalue weighted by Gasteiger charge is 2.12. The Kier molecular flexibility index (Phi) is 5.34. The molecule has 112 valence electrons. The lowest BCUT2D eigenvalue weighted by atomic mass is 10.1. The summed E-state index contributed by atoms with van der Waals surface area (Å²) in [4.78, 5) is 6.96. The summed E-state index contributed by atoms with van der Waals surface area (Å²) >= 11 is 0. The maximum atomic E-state index is 4.69. The Morgan fingerprint density at radius 2 is 1.95 bits per heavy atom. The van der Waals surface area contributed by atoms with Gasteiger partial charge >= 0.3 is 0 Å². The van der Waals surface area contributed by atoms with E-state index in [0.717, 1.165) is 25.5 Å². The maximum Gasteiger partial charge on any atom is 0.135 e. The van der Waals surface area contributed by atoms with E-state index >= 15 is 0 Å². The fourth-order valence-electron chi connectivity index (χ4n) is 2.52. The minimum atomic E-state index is 0.876. The number of nitrogens with zero attached hydrogens (tertiary/aromatic N) is 2. The highest BCUT2D eigenvalue weighted by molar-refractivity contribution is 5.63. The molecule has 2 rings (SSSR count). The number of hydrogen-bond donors (Lipinski definition) is 1. The van der Waals surface area contributed by atoms with Gasteiger partial charge in [0.15, 0.2) is 0 Å². The van der Waals surface area contributed by atoms with Crippen LogP contribution in [0.2, 0.25) is 0 Å². The van der Waals surface area contributed by atoms with E-state index in [0.29, 0.717) is 0 Å². The molecular formula is C18H25N3. The number of benzene rings is 1. The Labute approximate surface area is 128 Å². The van der Waals surface area contributed by atoms with Gasteiger partial charge < -0.3 is 10.2 Å². The summed E-state index contributed by atoms with van der Waals surface area (Å²) in [7, 11) is 0. The molecule has 0 aliphatic rings. The largest absolute Gasteiger partial charge is 0.326 e. The van der Waals surface area contributed by atoms with Gasteiger partial charge in [-0.05, 0) is 62.2 Å². The number of rotatable bonds is 6. The first kappa shape index (κ1) is 15.5. The average molecular weight is 283 g/mol. The summed E-state index contributed by atoms with van der Waals surface area (Å²) in [5.74, 6) is 1.04. The van der Waals surface area contributed by atoms with Gasteiger partial charge in [-0.25, -0.2) is 4.98 Å². The Morgan fingerprint density at radius 3 is 2.57 bits per heavy atom. The van der Waals surface area contributed by atoms with Gasteiger partial charge in [0.05, 0.1) is 0 Å². The van der Waals surface area contributed by atoms with Crippen LogP contribution in [0.25, 0.3) is 0 Å². The topological polar surface area (TPSA) is 28.2 Å². The molecule has 1 N–H and O–H groups in total. The van der Waals surface area contributed by atoms with E-state index in [-0.39, 0.29) is 0 Å². The van der Waals surface area contributed by atoms with Crippen molar-refractivity contribution >= 4 is 11.5 Å². The quantitative estimate of drug-likeness (QED) is 0.869. The van der Waals surface area contributed by atoms with E-state index < -0.39 is 0 Å². The zero-order valence-electron chi connectivity index (χ0n) is 13.5. The summed E-state index contributed by atoms with van der Waals surface area (Å²) in [5.41, 5.74) is 4.92. The number of aromatic nitrogens is 1. The summed E-state index contributed by atoms with van der Waals surface area (Å²) < 4.78 is 0. The first-order valence-electron chi connectivity index (χ1n) is 7.66. The van der Waals surface area contributed by atoms with Crippen LogP contribution in [0.3, 0.4) is 0 Å². The minimum absolute atomic E-state index is 0.876. The highest BCUT2D eigenvalue weighted by Crippen LogP contribution is 2.27. The Hall–Kier alpha value is -1.87. The number of hydrogen-bond acceptors (Lipinski definition) is 3. The molecule has 0 aliphatic heterocycles. The number of pyridine rings is 1. The van der Waals surface area contributed by atoms with Crippen molar-refractivity contribution in [3.8, 4) is 0 Å². The second-order valence-electron chi connectivity index (χ2n) is 5.35. The van der Waals surface area contributed by atoms with Crippen LogP contribution in [-0.2, 0) is 6.54 Å². The molecule has 0 saturated heterocycles. The Morgan fingerprint density at radius 1 is 1.14 bits per heavy atom. The lowest BCUT2D eigenvalue weighted by molar-refractivity contribution is 0.723. The molecule has 0 saturated carbocycles. The second kappa shape index (κ2) is 7.23. The van der Waals surface area contributed by atoms with Gasteiger partial charge in [0.1, 0.15) is 5.82 Å². The molecule has 1 aromatic heterocycles. The molecule has 21 heavy (non-hydrogen) atoms. The predicted octanol–water partition coefficient (Wildman–Crippen LogP) is 3.97. The van der Waals surface area contributed by atoms with Crippen molar-refractivity contribution in [3.63, 3.8) is 0 Å². The number of aryl methyl sites for hydroxylation is 2. The molecule has 3 nitrogen and oxygen atoms in total. The van der Waals surface area contributed by atoms with Gasteiger partial charge in [-0.3, -0.25) is 0 Å². The molecule has 0 fully saturated rings. The van der Waals surface area contributed by atoms with Crippen molar-refractivity contribution in [2.24, 2.45) is 0 Å². The zero-order valence-corrected chi connectivity index (χ0v) is 13.5. The van der Waals surface area contributed by atoms with Crippen molar-refractivity contribution in [3.05, 3.63) is 53.2 Å². The second-order valence-corrected chi connectivity index (χ2v) is 5.35. The molecule has 0 amide bonds. The molecule has 0 spiro atoms. The Balaban J connectivity index is 2.30. The van der Waals surface area contributed by atoms with E-state index in [1.807, 2.05) is 6.20 Å². The third-order valence-electron chi connectivity index (χ3n) is 3.57. The van der Waals surface area contributed by atoms with Gasteiger partial charge in [0.2, 0.25) is 0 Å². The van der Waals surface area contributed by atoms with Crippen molar-refractivity contribution in [1.82, 2.24) is 10.3 Å². The SMILES string of the molecule is CCNCc1cnc(N(CC)c2cccc(C)c2)c(C)c1. The van der Waals surface area contributed by atoms with Crippen molar-refractivity contribution < 1.29 is 0 Å². The van der Waals surface area contributed by atoms with Crippen molar-refractivity contribution in [1.29, 1.82) is 0 Å². The fourth-order valence-corrected chi connectivity index (χ4v) is 2.52. The first-order chi connectivity index (χ1) is 10.2. The molecular weight excluding hydrogens is 258 g/mol. The van der Waals surface area contributed by atoms with Gasteiger partial charge in [0.25, 0.3) is 0 Å². The zero-order chi connectivity index (χ0) is 15.2. The van der Waals surface area contributed by atoms with E-state index in [9.17, 15) is 0 Å². The van der Waals surface area contributed by atoms with Gasteiger partial charge in [-0.1, -0.05) is 19.1 Å². The van der Waals surface area contributed by atoms with Gasteiger partial charge in [-0.2, -0.15) is 0 Å². The molecule has 0 bridgehead atoms. The average Bonchev–Trinajstić information content (AvgIpc) is 2.48. The van der Waals surface area contributed by atoms with E-state index in [1.165, 1.54) is 22.4 Å². The van der Waals surface area contributed by atoms with E-state index in [1.54, 1.807) is 0 Å². The first-order valence-corrected chi connectivity index (χ1v) is 7.66. The summed E-state index contributed by atoms with van der Waals surface area (Å²) in [6.45, 7) is 11.3. The van der Waals surface area contributed by atoms with Gasteiger partial charge in [0, 0.05) is 25.0 Å². The summed E-state index contributed by atoms with van der Waals surface area (Å²) in [6.07, 6.45) is 1.98. The molecule has 0 aliphatic carbocycles. The fraction of sp³-hybridized carbons (Fsp3) is 0.389. The van der Waals surface area contributed by atoms with Crippen LogP contribution in [0, 0.1) is 13.8 Å². The molecule has 0 atom stereocenters. The van der Waals surface area contributed by atoms with Crippen LogP contribution >= 0.6 is 0 Å². The normalized spacial score (nSPS) is 10.7. The van der Waals surface area contributed by atoms with E-state index in [4.69, 9.17) is 4.98 Å². The monoisotopic (exact) mass is 283 g/mol. The smallest absolute Gasteiger partial charge is 0.135 e. The lowest BCUT2D eigenvalue weighted by Crippen LogP contribution is -2.19. The van der Waals surface area contributed by atoms with Crippen LogP contribution in [0.15, 0.2) is 36.5 Å². The van der Waals surface area contributed by atoms with Crippen LogP contribution in [0.1, 0.15) is 30.5 Å². The minimum Gasteiger partial charge on any atom is -0.326 e. The standard InChI is InChI=1S/C18H25N3/c1-5-19-12-16-11-15(4)18(20-13-16)21(6-2)17-9-7-8-14(3)10-17/h7-11,13,19H,5-6,12H2,1-4H3. The third kappa shape index (κ3) is 3.82. The molecule has 1 heterocycles. The van der Waals surface area contributed by atoms with Crippen molar-refractivity contribution in [2.45, 2.75) is 34.2 Å². The van der Waals surface area contributed by atoms with Crippen molar-refractivity contribution in [2.75, 3.05) is 18.0 Å². The Bertz CT molecular complexity index is 593. The summed E-state index contributed by atoms with van der Waals surface area (Å²) in [6, 6.07) is 10.8. The lowest BCUT2D eigenvalue weighted by Gasteiger charge is -2.24. The molecule has 0 unspecified atom stereocenters. The molecule has 1 aromatic carbocycles. The number of nitrogens with one attached hydrogen (secondary N) is 1. The predicted molar refractivity (Wildman–Crippen MR) is 90.2 cm³/mol. The van der Waals surface area contributed by atoms with Gasteiger partial charge in [-0.15, -0.1) is 0 Å². The molecule has 3 heteroatoms.